The second-order valence-electron chi connectivity index (χ2n) is 5.42. The quantitative estimate of drug-likeness (QED) is 0.682. The molecule has 2 amide bonds. The molecule has 0 saturated carbocycles. The number of carbonyl (C=O) groups excluding carboxylic acids is 1. The van der Waals surface area contributed by atoms with Gasteiger partial charge in [0.1, 0.15) is 11.6 Å². The van der Waals surface area contributed by atoms with Crippen molar-refractivity contribution >= 4 is 6.03 Å². The minimum Gasteiger partial charge on any atom is -0.396 e. The van der Waals surface area contributed by atoms with Crippen LogP contribution in [0.5, 0.6) is 0 Å². The normalized spacial score (nSPS) is 11.8. The van der Waals surface area contributed by atoms with Gasteiger partial charge in [0.2, 0.25) is 0 Å². The van der Waals surface area contributed by atoms with Crippen LogP contribution in [0.15, 0.2) is 48.5 Å². The van der Waals surface area contributed by atoms with Crippen LogP contribution in [0, 0.1) is 11.6 Å². The SMILES string of the molecule is O=C(NCCCO)NC(Cc1cccc(F)c1)c1cccc(F)c1. The summed E-state index contributed by atoms with van der Waals surface area (Å²) in [4.78, 5) is 12.0. The molecule has 1 atom stereocenters. The summed E-state index contributed by atoms with van der Waals surface area (Å²) < 4.78 is 26.9. The lowest BCUT2D eigenvalue weighted by Gasteiger charge is -2.20. The maximum atomic E-state index is 13.5. The number of hydrogen-bond acceptors (Lipinski definition) is 2. The Bertz CT molecular complexity index is 680. The largest absolute Gasteiger partial charge is 0.396 e. The molecule has 0 spiro atoms. The number of amides is 2. The summed E-state index contributed by atoms with van der Waals surface area (Å²) in [6.45, 7) is 0.315. The molecule has 1 unspecified atom stereocenters. The van der Waals surface area contributed by atoms with E-state index in [9.17, 15) is 13.6 Å². The zero-order valence-corrected chi connectivity index (χ0v) is 13.1. The molecule has 0 aliphatic carbocycles. The lowest BCUT2D eigenvalue weighted by Crippen LogP contribution is -2.39. The molecule has 0 aromatic heterocycles. The molecule has 3 N–H and O–H groups in total. The Kier molecular flexibility index (Phi) is 6.69. The molecule has 0 aliphatic rings. The van der Waals surface area contributed by atoms with Crippen LogP contribution in [0.4, 0.5) is 13.6 Å². The molecule has 2 rings (SSSR count). The highest BCUT2D eigenvalue weighted by Crippen LogP contribution is 2.20. The summed E-state index contributed by atoms with van der Waals surface area (Å²) in [6, 6.07) is 11.1. The van der Waals surface area contributed by atoms with Gasteiger partial charge in [-0.3, -0.25) is 0 Å². The van der Waals surface area contributed by atoms with E-state index in [0.717, 1.165) is 0 Å². The van der Waals surface area contributed by atoms with Gasteiger partial charge in [0, 0.05) is 13.2 Å². The summed E-state index contributed by atoms with van der Waals surface area (Å²) in [5.74, 6) is -0.767. The van der Waals surface area contributed by atoms with Crippen LogP contribution >= 0.6 is 0 Å². The van der Waals surface area contributed by atoms with Crippen molar-refractivity contribution in [3.05, 3.63) is 71.3 Å². The van der Waals surface area contributed by atoms with Crippen LogP contribution < -0.4 is 10.6 Å². The standard InChI is InChI=1S/C18H20F2N2O2/c19-15-6-1-4-13(10-15)11-17(14-5-2-7-16(20)12-14)22-18(24)21-8-3-9-23/h1-2,4-7,10,12,17,23H,3,8-9,11H2,(H2,21,22,24). The predicted octanol–water partition coefficient (Wildman–Crippen LogP) is 2.93. The predicted molar refractivity (Wildman–Crippen MR) is 87.5 cm³/mol. The Morgan fingerprint density at radius 2 is 1.79 bits per heavy atom. The van der Waals surface area contributed by atoms with Gasteiger partial charge >= 0.3 is 6.03 Å². The highest BCUT2D eigenvalue weighted by molar-refractivity contribution is 5.74. The van der Waals surface area contributed by atoms with Gasteiger partial charge in [0.15, 0.2) is 0 Å². The van der Waals surface area contributed by atoms with Gasteiger partial charge in [-0.1, -0.05) is 24.3 Å². The van der Waals surface area contributed by atoms with E-state index < -0.39 is 17.9 Å². The summed E-state index contributed by atoms with van der Waals surface area (Å²) in [6.07, 6.45) is 0.774. The molecule has 0 heterocycles. The monoisotopic (exact) mass is 334 g/mol. The molecule has 2 aromatic rings. The Hall–Kier alpha value is -2.47. The van der Waals surface area contributed by atoms with Crippen molar-refractivity contribution in [2.24, 2.45) is 0 Å². The first kappa shape index (κ1) is 17.9. The van der Waals surface area contributed by atoms with Crippen molar-refractivity contribution in [3.63, 3.8) is 0 Å². The van der Waals surface area contributed by atoms with E-state index in [-0.39, 0.29) is 12.4 Å². The van der Waals surface area contributed by atoms with E-state index in [0.29, 0.717) is 30.5 Å². The fourth-order valence-electron chi connectivity index (χ4n) is 2.37. The van der Waals surface area contributed by atoms with Crippen molar-refractivity contribution in [2.45, 2.75) is 18.9 Å². The minimum atomic E-state index is -0.503. The number of nitrogens with one attached hydrogen (secondary N) is 2. The maximum absolute atomic E-state index is 13.5. The number of aliphatic hydroxyl groups excluding tert-OH is 1. The van der Waals surface area contributed by atoms with Gasteiger partial charge in [0.25, 0.3) is 0 Å². The van der Waals surface area contributed by atoms with Crippen molar-refractivity contribution in [1.29, 1.82) is 0 Å². The number of halogens is 2. The Labute approximate surface area is 139 Å². The summed E-state index contributed by atoms with van der Waals surface area (Å²) >= 11 is 0. The van der Waals surface area contributed by atoms with Gasteiger partial charge in [-0.25, -0.2) is 13.6 Å². The van der Waals surface area contributed by atoms with Crippen LogP contribution in [0.25, 0.3) is 0 Å². The smallest absolute Gasteiger partial charge is 0.315 e. The average Bonchev–Trinajstić information content (AvgIpc) is 2.54. The summed E-state index contributed by atoms with van der Waals surface area (Å²) in [5, 5.41) is 14.1. The topological polar surface area (TPSA) is 61.4 Å². The number of hydrogen-bond donors (Lipinski definition) is 3. The molecule has 2 aromatic carbocycles. The number of carbonyl (C=O) groups is 1. The lowest BCUT2D eigenvalue weighted by atomic mass is 9.99. The summed E-state index contributed by atoms with van der Waals surface area (Å²) in [7, 11) is 0. The van der Waals surface area contributed by atoms with Gasteiger partial charge < -0.3 is 15.7 Å². The number of urea groups is 1. The zero-order valence-electron chi connectivity index (χ0n) is 13.1. The molecule has 128 valence electrons. The van der Waals surface area contributed by atoms with E-state index in [1.54, 1.807) is 24.3 Å². The Balaban J connectivity index is 2.13. The third-order valence-electron chi connectivity index (χ3n) is 3.51. The van der Waals surface area contributed by atoms with Crippen LogP contribution in [0.2, 0.25) is 0 Å². The Morgan fingerprint density at radius 1 is 1.08 bits per heavy atom. The van der Waals surface area contributed by atoms with Gasteiger partial charge in [-0.15, -0.1) is 0 Å². The fourth-order valence-corrected chi connectivity index (χ4v) is 2.37. The number of aliphatic hydroxyl groups is 1. The van der Waals surface area contributed by atoms with Crippen LogP contribution in [0.3, 0.4) is 0 Å². The van der Waals surface area contributed by atoms with Crippen molar-refractivity contribution in [3.8, 4) is 0 Å². The highest BCUT2D eigenvalue weighted by Gasteiger charge is 2.16. The van der Waals surface area contributed by atoms with Crippen molar-refractivity contribution in [2.75, 3.05) is 13.2 Å². The second-order valence-corrected chi connectivity index (χ2v) is 5.42. The molecule has 0 bridgehead atoms. The van der Waals surface area contributed by atoms with Crippen LogP contribution in [-0.4, -0.2) is 24.3 Å². The van der Waals surface area contributed by atoms with E-state index in [1.165, 1.54) is 24.3 Å². The van der Waals surface area contributed by atoms with Crippen molar-refractivity contribution < 1.29 is 18.7 Å². The minimum absolute atomic E-state index is 0.0170. The third kappa shape index (κ3) is 5.62. The first-order valence-electron chi connectivity index (χ1n) is 7.73. The fraction of sp³-hybridized carbons (Fsp3) is 0.278. The zero-order chi connectivity index (χ0) is 17.4. The highest BCUT2D eigenvalue weighted by atomic mass is 19.1. The molecule has 6 heteroatoms. The molecule has 0 aliphatic heterocycles. The number of benzene rings is 2. The molecule has 0 saturated heterocycles. The molecular formula is C18H20F2N2O2. The van der Waals surface area contributed by atoms with Crippen LogP contribution in [0.1, 0.15) is 23.6 Å². The number of rotatable bonds is 7. The first-order chi connectivity index (χ1) is 11.6. The van der Waals surface area contributed by atoms with Gasteiger partial charge in [-0.2, -0.15) is 0 Å². The lowest BCUT2D eigenvalue weighted by molar-refractivity contribution is 0.234. The average molecular weight is 334 g/mol. The molecule has 0 fully saturated rings. The maximum Gasteiger partial charge on any atom is 0.315 e. The van der Waals surface area contributed by atoms with E-state index in [1.807, 2.05) is 0 Å². The molecular weight excluding hydrogens is 314 g/mol. The second kappa shape index (κ2) is 8.98. The van der Waals surface area contributed by atoms with Crippen molar-refractivity contribution in [1.82, 2.24) is 10.6 Å². The van der Waals surface area contributed by atoms with Gasteiger partial charge in [0.05, 0.1) is 6.04 Å². The summed E-state index contributed by atoms with van der Waals surface area (Å²) in [5.41, 5.74) is 1.29. The van der Waals surface area contributed by atoms with E-state index >= 15 is 0 Å². The molecule has 0 radical (unpaired) electrons. The Morgan fingerprint density at radius 3 is 2.46 bits per heavy atom. The molecule has 4 nitrogen and oxygen atoms in total. The molecule has 24 heavy (non-hydrogen) atoms. The van der Waals surface area contributed by atoms with E-state index in [4.69, 9.17) is 5.11 Å². The van der Waals surface area contributed by atoms with E-state index in [2.05, 4.69) is 10.6 Å². The van der Waals surface area contributed by atoms with Gasteiger partial charge in [-0.05, 0) is 48.2 Å². The van der Waals surface area contributed by atoms with Crippen LogP contribution in [-0.2, 0) is 6.42 Å². The third-order valence-corrected chi connectivity index (χ3v) is 3.51. The first-order valence-corrected chi connectivity index (χ1v) is 7.73.